The summed E-state index contributed by atoms with van der Waals surface area (Å²) in [6.07, 6.45) is 3.31. The van der Waals surface area contributed by atoms with Crippen LogP contribution in [-0.4, -0.2) is 28.3 Å². The average molecular weight is 464 g/mol. The van der Waals surface area contributed by atoms with Gasteiger partial charge in [-0.3, -0.25) is 4.79 Å². The first-order valence-electron chi connectivity index (χ1n) is 12.9. The van der Waals surface area contributed by atoms with Crippen LogP contribution in [0, 0.1) is 5.92 Å². The van der Waals surface area contributed by atoms with Crippen LogP contribution in [0.1, 0.15) is 55.1 Å². The van der Waals surface area contributed by atoms with Gasteiger partial charge in [-0.05, 0) is 43.4 Å². The van der Waals surface area contributed by atoms with Crippen LogP contribution in [0.4, 0.5) is 0 Å². The van der Waals surface area contributed by atoms with Crippen LogP contribution in [0.15, 0.2) is 48.5 Å². The van der Waals surface area contributed by atoms with Crippen LogP contribution in [-0.2, 0) is 16.8 Å². The lowest BCUT2D eigenvalue weighted by Gasteiger charge is -2.49. The van der Waals surface area contributed by atoms with Gasteiger partial charge in [-0.25, -0.2) is 0 Å². The van der Waals surface area contributed by atoms with E-state index in [9.17, 15) is 4.79 Å². The molecule has 5 heteroatoms. The minimum absolute atomic E-state index is 0.0567. The minimum Gasteiger partial charge on any atom is -0.379 e. The highest BCUT2D eigenvalue weighted by atomic mass is 16.5. The number of benzene rings is 3. The van der Waals surface area contributed by atoms with Gasteiger partial charge in [-0.15, -0.1) is 0 Å². The molecule has 0 unspecified atom stereocenters. The Bertz CT molecular complexity index is 1740. The number of nitrogens with zero attached hydrogens (tertiary/aromatic N) is 2. The standard InChI is InChI=1S/C30H29N3O2/c1-4-16-13-17-14-30(2,28(16)35-3)33-22-12-8-6-10-19(22)23-20-15-31-29(34)25(20)24-18-9-5-7-11-21(18)32(17)26(24)27(23)33/h5-12,16-17,28H,4,13-15H2,1-3H3,(H,31,34)/t16-,17+,28-,30+/m1/s1. The Balaban J connectivity index is 1.72. The number of carbonyl (C=O) groups excluding carboxylic acids is 1. The van der Waals surface area contributed by atoms with Crippen molar-refractivity contribution in [3.63, 3.8) is 0 Å². The summed E-state index contributed by atoms with van der Waals surface area (Å²) in [7, 11) is 1.89. The number of aromatic nitrogens is 2. The van der Waals surface area contributed by atoms with Crippen LogP contribution < -0.4 is 5.32 Å². The Morgan fingerprint density at radius 1 is 1.03 bits per heavy atom. The molecule has 35 heavy (non-hydrogen) atoms. The van der Waals surface area contributed by atoms with E-state index in [0.29, 0.717) is 18.5 Å². The van der Waals surface area contributed by atoms with Gasteiger partial charge in [0.05, 0.1) is 28.2 Å². The van der Waals surface area contributed by atoms with Crippen molar-refractivity contribution >= 4 is 49.5 Å². The molecule has 2 aromatic heterocycles. The van der Waals surface area contributed by atoms with E-state index in [0.717, 1.165) is 35.8 Å². The second kappa shape index (κ2) is 6.46. The fourth-order valence-corrected chi connectivity index (χ4v) is 8.29. The van der Waals surface area contributed by atoms with Gasteiger partial charge in [-0.2, -0.15) is 0 Å². The molecular weight excluding hydrogens is 434 g/mol. The Labute approximate surface area is 203 Å². The molecule has 5 aromatic rings. The van der Waals surface area contributed by atoms with Crippen molar-refractivity contribution in [1.82, 2.24) is 14.5 Å². The maximum Gasteiger partial charge on any atom is 0.252 e. The summed E-state index contributed by atoms with van der Waals surface area (Å²) in [6.45, 7) is 5.30. The van der Waals surface area contributed by atoms with E-state index in [1.54, 1.807) is 0 Å². The molecule has 3 aromatic carbocycles. The summed E-state index contributed by atoms with van der Waals surface area (Å²) in [5.74, 6) is 0.516. The number of para-hydroxylation sites is 2. The summed E-state index contributed by atoms with van der Waals surface area (Å²) in [5, 5.41) is 7.96. The van der Waals surface area contributed by atoms with E-state index >= 15 is 0 Å². The van der Waals surface area contributed by atoms with Crippen molar-refractivity contribution in [3.8, 4) is 0 Å². The molecule has 2 bridgehead atoms. The zero-order valence-electron chi connectivity index (χ0n) is 20.4. The van der Waals surface area contributed by atoms with Crippen molar-refractivity contribution in [2.75, 3.05) is 7.11 Å². The van der Waals surface area contributed by atoms with Crippen molar-refractivity contribution < 1.29 is 9.53 Å². The summed E-state index contributed by atoms with van der Waals surface area (Å²) in [6, 6.07) is 17.8. The van der Waals surface area contributed by atoms with E-state index in [1.807, 2.05) is 7.11 Å². The molecule has 4 atom stereocenters. The lowest BCUT2D eigenvalue weighted by atomic mass is 9.70. The van der Waals surface area contributed by atoms with Crippen LogP contribution in [0.2, 0.25) is 0 Å². The fraction of sp³-hybridized carbons (Fsp3) is 0.367. The number of methoxy groups -OCH3 is 1. The van der Waals surface area contributed by atoms with Gasteiger partial charge in [0.15, 0.2) is 0 Å². The molecule has 2 aliphatic heterocycles. The highest BCUT2D eigenvalue weighted by Gasteiger charge is 2.51. The lowest BCUT2D eigenvalue weighted by Crippen LogP contribution is -2.52. The molecule has 1 amide bonds. The van der Waals surface area contributed by atoms with Gasteiger partial charge in [-0.1, -0.05) is 49.7 Å². The first-order chi connectivity index (χ1) is 17.1. The summed E-state index contributed by atoms with van der Waals surface area (Å²) in [5.41, 5.74) is 6.82. The number of nitrogens with one attached hydrogen (secondary N) is 1. The van der Waals surface area contributed by atoms with E-state index in [1.165, 1.54) is 38.2 Å². The Morgan fingerprint density at radius 3 is 2.49 bits per heavy atom. The fourth-order valence-electron chi connectivity index (χ4n) is 8.29. The molecule has 0 saturated heterocycles. The molecular formula is C30H29N3O2. The van der Waals surface area contributed by atoms with Crippen LogP contribution >= 0.6 is 0 Å². The van der Waals surface area contributed by atoms with Crippen molar-refractivity contribution in [2.45, 2.75) is 57.3 Å². The van der Waals surface area contributed by atoms with Crippen LogP contribution in [0.5, 0.6) is 0 Å². The van der Waals surface area contributed by atoms with E-state index in [4.69, 9.17) is 4.74 Å². The largest absolute Gasteiger partial charge is 0.379 e. The highest BCUT2D eigenvalue weighted by Crippen LogP contribution is 2.56. The number of hydrogen-bond donors (Lipinski definition) is 1. The monoisotopic (exact) mass is 463 g/mol. The zero-order valence-corrected chi connectivity index (χ0v) is 20.4. The first kappa shape index (κ1) is 19.9. The molecule has 8 rings (SSSR count). The first-order valence-corrected chi connectivity index (χ1v) is 12.9. The Morgan fingerprint density at radius 2 is 1.74 bits per heavy atom. The molecule has 0 spiro atoms. The minimum atomic E-state index is -0.197. The second-order valence-electron chi connectivity index (χ2n) is 11.0. The molecule has 176 valence electrons. The van der Waals surface area contributed by atoms with Crippen molar-refractivity contribution in [1.29, 1.82) is 0 Å². The molecule has 1 N–H and O–H groups in total. The van der Waals surface area contributed by atoms with Gasteiger partial charge in [0.2, 0.25) is 0 Å². The van der Waals surface area contributed by atoms with Gasteiger partial charge in [0.25, 0.3) is 5.91 Å². The number of fused-ring (bicyclic) bond motifs is 13. The second-order valence-corrected chi connectivity index (χ2v) is 11.0. The Kier molecular flexibility index (Phi) is 3.68. The van der Waals surface area contributed by atoms with Gasteiger partial charge >= 0.3 is 0 Å². The number of hydrogen-bond acceptors (Lipinski definition) is 2. The third kappa shape index (κ3) is 2.14. The van der Waals surface area contributed by atoms with Crippen LogP contribution in [0.25, 0.3) is 43.6 Å². The number of amides is 1. The summed E-state index contributed by atoms with van der Waals surface area (Å²) >= 11 is 0. The molecule has 3 aliphatic rings. The summed E-state index contributed by atoms with van der Waals surface area (Å²) in [4.78, 5) is 13.4. The van der Waals surface area contributed by atoms with E-state index in [-0.39, 0.29) is 17.6 Å². The topological polar surface area (TPSA) is 48.2 Å². The SMILES string of the molecule is CC[C@@H]1C[C@H]2C[C@@](C)([C@@H]1OC)n1c3ccccc3c3c4c(c5c6ccccc6n2c5c31)C(=O)NC4. The molecule has 1 saturated carbocycles. The maximum absolute atomic E-state index is 13.4. The third-order valence-electron chi connectivity index (χ3n) is 9.44. The summed E-state index contributed by atoms with van der Waals surface area (Å²) < 4.78 is 11.6. The van der Waals surface area contributed by atoms with Crippen LogP contribution in [0.3, 0.4) is 0 Å². The highest BCUT2D eigenvalue weighted by molar-refractivity contribution is 6.31. The van der Waals surface area contributed by atoms with Gasteiger partial charge in [0, 0.05) is 52.3 Å². The molecule has 1 aliphatic carbocycles. The van der Waals surface area contributed by atoms with Gasteiger partial charge in [0.1, 0.15) is 0 Å². The Hall–Kier alpha value is -3.31. The normalized spacial score (nSPS) is 27.3. The molecule has 4 heterocycles. The van der Waals surface area contributed by atoms with Crippen molar-refractivity contribution in [3.05, 3.63) is 59.7 Å². The molecule has 1 fully saturated rings. The maximum atomic E-state index is 13.4. The molecule has 5 nitrogen and oxygen atoms in total. The average Bonchev–Trinajstić information content (AvgIpc) is 3.51. The van der Waals surface area contributed by atoms with Gasteiger partial charge < -0.3 is 19.2 Å². The zero-order chi connectivity index (χ0) is 23.6. The quantitative estimate of drug-likeness (QED) is 0.336. The van der Waals surface area contributed by atoms with Crippen molar-refractivity contribution in [2.24, 2.45) is 5.92 Å². The predicted octanol–water partition coefficient (Wildman–Crippen LogP) is 6.25. The van der Waals surface area contributed by atoms with E-state index in [2.05, 4.69) is 76.8 Å². The van der Waals surface area contributed by atoms with E-state index < -0.39 is 0 Å². The predicted molar refractivity (Wildman–Crippen MR) is 140 cm³/mol. The third-order valence-corrected chi connectivity index (χ3v) is 9.44. The lowest BCUT2D eigenvalue weighted by molar-refractivity contribution is -0.0723. The number of carbonyl (C=O) groups is 1. The number of ether oxygens (including phenoxy) is 1. The number of rotatable bonds is 2. The smallest absolute Gasteiger partial charge is 0.252 e. The molecule has 0 radical (unpaired) electrons.